The summed E-state index contributed by atoms with van der Waals surface area (Å²) >= 11 is 0. The van der Waals surface area contributed by atoms with Gasteiger partial charge in [-0.2, -0.15) is 0 Å². The van der Waals surface area contributed by atoms with Gasteiger partial charge in [0.15, 0.2) is 0 Å². The summed E-state index contributed by atoms with van der Waals surface area (Å²) in [5, 5.41) is 1.16. The van der Waals surface area contributed by atoms with Crippen molar-refractivity contribution >= 4 is 34.1 Å². The van der Waals surface area contributed by atoms with Crippen LogP contribution < -0.4 is 14.5 Å². The van der Waals surface area contributed by atoms with Gasteiger partial charge in [-0.05, 0) is 128 Å². The average Bonchev–Trinajstić information content (AvgIpc) is 3.78. The Morgan fingerprint density at radius 3 is 2.39 bits per heavy atom. The molecule has 0 radical (unpaired) electrons. The van der Waals surface area contributed by atoms with Crippen LogP contribution in [0.15, 0.2) is 222 Å². The molecular weight excluding hydrogens is 757 g/mol. The van der Waals surface area contributed by atoms with E-state index in [9.17, 15) is 0 Å². The van der Waals surface area contributed by atoms with Crippen LogP contribution in [0.4, 0.5) is 17.1 Å². The van der Waals surface area contributed by atoms with Crippen molar-refractivity contribution in [3.8, 4) is 18.1 Å². The summed E-state index contributed by atoms with van der Waals surface area (Å²) < 4.78 is 13.2. The topological polar surface area (TPSA) is 28.9 Å². The third-order valence-electron chi connectivity index (χ3n) is 12.4. The zero-order chi connectivity index (χ0) is 41.8. The predicted octanol–water partition coefficient (Wildman–Crippen LogP) is 13.9. The lowest BCUT2D eigenvalue weighted by Gasteiger charge is -2.32. The number of terminal acetylenes is 1. The molecule has 4 aliphatic rings. The standard InChI is InChI=1S/C58H48N2O2/c1-3-4-9-18-41(2)59(45-21-12-6-13-22-45)48-30-35-58-54(39-48)52-38-42(27-33-56(52)62-58)37-51(43-19-10-5-11-20-43)44-28-32-50-53-40-49(31-36-57(53)61-55(50)34-29-44)60(46-23-14-7-15-24-46)47-25-16-8-17-26-47/h1,4-25,27-31,33-36,38-40,47,51,54,58H,26,32,37H2,2H3/b9-4-,41-18+/t47?,51-,54?,58?/m0/s1. The largest absolute Gasteiger partial charge is 0.485 e. The Labute approximate surface area is 365 Å². The van der Waals surface area contributed by atoms with Crippen LogP contribution in [0, 0.1) is 12.3 Å². The van der Waals surface area contributed by atoms with Crippen LogP contribution >= 0.6 is 0 Å². The molecule has 0 spiro atoms. The number of hydrogen-bond acceptors (Lipinski definition) is 4. The van der Waals surface area contributed by atoms with Crippen LogP contribution in [0.2, 0.25) is 0 Å². The predicted molar refractivity (Wildman–Crippen MR) is 257 cm³/mol. The Bertz CT molecular complexity index is 2900. The smallest absolute Gasteiger partial charge is 0.135 e. The van der Waals surface area contributed by atoms with E-state index in [0.29, 0.717) is 0 Å². The van der Waals surface area contributed by atoms with E-state index in [1.165, 1.54) is 33.5 Å². The Balaban J connectivity index is 0.959. The van der Waals surface area contributed by atoms with Gasteiger partial charge in [-0.1, -0.05) is 127 Å². The van der Waals surface area contributed by atoms with E-state index in [0.717, 1.165) is 64.5 Å². The molecule has 0 saturated heterocycles. The maximum atomic E-state index is 6.60. The number of para-hydroxylation sites is 2. The van der Waals surface area contributed by atoms with Crippen LogP contribution in [0.5, 0.6) is 5.75 Å². The first kappa shape index (κ1) is 38.7. The minimum Gasteiger partial charge on any atom is -0.485 e. The van der Waals surface area contributed by atoms with Gasteiger partial charge in [-0.25, -0.2) is 0 Å². The second-order valence-electron chi connectivity index (χ2n) is 16.3. The number of rotatable bonds is 11. The van der Waals surface area contributed by atoms with Crippen LogP contribution in [-0.2, 0) is 12.8 Å². The maximum Gasteiger partial charge on any atom is 0.135 e. The second-order valence-corrected chi connectivity index (χ2v) is 16.3. The van der Waals surface area contributed by atoms with Gasteiger partial charge in [0.1, 0.15) is 23.2 Å². The molecule has 3 aliphatic carbocycles. The highest BCUT2D eigenvalue weighted by molar-refractivity contribution is 5.89. The maximum absolute atomic E-state index is 6.60. The van der Waals surface area contributed by atoms with Crippen molar-refractivity contribution in [2.24, 2.45) is 0 Å². The summed E-state index contributed by atoms with van der Waals surface area (Å²) in [5.74, 6) is 4.70. The molecule has 1 aliphatic heterocycles. The van der Waals surface area contributed by atoms with Gasteiger partial charge in [0.05, 0.1) is 6.04 Å². The zero-order valence-corrected chi connectivity index (χ0v) is 34.8. The highest BCUT2D eigenvalue weighted by Crippen LogP contribution is 2.45. The van der Waals surface area contributed by atoms with Gasteiger partial charge in [-0.15, -0.1) is 6.42 Å². The molecule has 62 heavy (non-hydrogen) atoms. The average molecular weight is 805 g/mol. The van der Waals surface area contributed by atoms with Gasteiger partial charge in [0, 0.05) is 56.8 Å². The first-order valence-electron chi connectivity index (χ1n) is 21.6. The summed E-state index contributed by atoms with van der Waals surface area (Å²) in [6, 6.07) is 45.8. The van der Waals surface area contributed by atoms with Crippen LogP contribution in [0.3, 0.4) is 0 Å². The molecule has 4 heteroatoms. The Morgan fingerprint density at radius 1 is 0.823 bits per heavy atom. The molecule has 5 aromatic carbocycles. The fourth-order valence-electron chi connectivity index (χ4n) is 9.46. The molecule has 302 valence electrons. The quantitative estimate of drug-likeness (QED) is 0.0963. The Morgan fingerprint density at radius 2 is 1.61 bits per heavy atom. The highest BCUT2D eigenvalue weighted by Gasteiger charge is 2.35. The molecule has 0 saturated carbocycles. The lowest BCUT2D eigenvalue weighted by Crippen LogP contribution is -2.29. The van der Waals surface area contributed by atoms with E-state index < -0.39 is 0 Å². The highest BCUT2D eigenvalue weighted by atomic mass is 16.5. The van der Waals surface area contributed by atoms with E-state index in [2.05, 4.69) is 211 Å². The number of furan rings is 1. The monoisotopic (exact) mass is 804 g/mol. The number of hydrogen-bond donors (Lipinski definition) is 0. The molecule has 4 nitrogen and oxygen atoms in total. The van der Waals surface area contributed by atoms with Crippen LogP contribution in [0.25, 0.3) is 17.0 Å². The number of allylic oxidation sites excluding steroid dienone is 10. The van der Waals surface area contributed by atoms with E-state index in [1.807, 2.05) is 12.1 Å². The van der Waals surface area contributed by atoms with E-state index in [4.69, 9.17) is 15.6 Å². The third kappa shape index (κ3) is 7.70. The number of fused-ring (bicyclic) bond motifs is 6. The molecule has 0 bridgehead atoms. The van der Waals surface area contributed by atoms with Gasteiger partial charge < -0.3 is 19.0 Å². The molecule has 6 aromatic rings. The lowest BCUT2D eigenvalue weighted by molar-refractivity contribution is 0.268. The molecule has 0 N–H and O–H groups in total. The van der Waals surface area contributed by atoms with E-state index in [-0.39, 0.29) is 24.0 Å². The van der Waals surface area contributed by atoms with Crippen molar-refractivity contribution < 1.29 is 9.15 Å². The van der Waals surface area contributed by atoms with Gasteiger partial charge >= 0.3 is 0 Å². The zero-order valence-electron chi connectivity index (χ0n) is 34.8. The summed E-state index contributed by atoms with van der Waals surface area (Å²) in [5.41, 5.74) is 12.8. The van der Waals surface area contributed by atoms with Crippen molar-refractivity contribution in [1.29, 1.82) is 0 Å². The van der Waals surface area contributed by atoms with Crippen molar-refractivity contribution in [2.75, 3.05) is 9.80 Å². The van der Waals surface area contributed by atoms with Crippen LogP contribution in [-0.4, -0.2) is 12.1 Å². The SMILES string of the molecule is C#C/C=C\C=C(/C)N(C1=CC2c3cc(C[C@H](C4=CCc5c(oc6ccc(N(c7ccccc7)C7C=CC=CC7)cc56)C=C4)c4ccccc4)ccc3OC2C=C1)c1ccccc1. The fourth-order valence-corrected chi connectivity index (χ4v) is 9.46. The molecule has 3 unspecified atom stereocenters. The summed E-state index contributed by atoms with van der Waals surface area (Å²) in [6.07, 6.45) is 36.2. The molecule has 2 heterocycles. The number of benzene rings is 5. The first-order chi connectivity index (χ1) is 30.6. The summed E-state index contributed by atoms with van der Waals surface area (Å²) in [6.45, 7) is 2.12. The van der Waals surface area contributed by atoms with Crippen molar-refractivity contribution in [3.63, 3.8) is 0 Å². The van der Waals surface area contributed by atoms with Crippen LogP contribution in [0.1, 0.15) is 53.2 Å². The first-order valence-corrected chi connectivity index (χ1v) is 21.6. The van der Waals surface area contributed by atoms with Crippen molar-refractivity contribution in [1.82, 2.24) is 0 Å². The minimum atomic E-state index is -0.0581. The number of nitrogens with zero attached hydrogens (tertiary/aromatic N) is 2. The number of anilines is 3. The Hall–Kier alpha value is -7.48. The second kappa shape index (κ2) is 17.2. The third-order valence-corrected chi connectivity index (χ3v) is 12.4. The lowest BCUT2D eigenvalue weighted by atomic mass is 9.83. The summed E-state index contributed by atoms with van der Waals surface area (Å²) in [4.78, 5) is 4.73. The molecule has 1 aromatic heterocycles. The Kier molecular flexibility index (Phi) is 10.8. The van der Waals surface area contributed by atoms with Gasteiger partial charge in [-0.3, -0.25) is 0 Å². The van der Waals surface area contributed by atoms with Crippen molar-refractivity contribution in [2.45, 2.75) is 50.2 Å². The van der Waals surface area contributed by atoms with E-state index in [1.54, 1.807) is 6.08 Å². The fraction of sp³-hybridized carbons (Fsp3) is 0.138. The molecule has 10 rings (SSSR count). The molecule has 4 atom stereocenters. The van der Waals surface area contributed by atoms with Crippen molar-refractivity contribution in [3.05, 3.63) is 245 Å². The molecule has 0 amide bonds. The minimum absolute atomic E-state index is 0.0581. The molecule has 0 fully saturated rings. The number of ether oxygens (including phenoxy) is 1. The van der Waals surface area contributed by atoms with E-state index >= 15 is 0 Å². The van der Waals surface area contributed by atoms with Gasteiger partial charge in [0.25, 0.3) is 0 Å². The van der Waals surface area contributed by atoms with Gasteiger partial charge in [0.2, 0.25) is 0 Å². The molecular formula is C58H48N2O2. The normalized spacial score (nSPS) is 19.2. The summed E-state index contributed by atoms with van der Waals surface area (Å²) in [7, 11) is 0.